The van der Waals surface area contributed by atoms with E-state index in [1.807, 2.05) is 13.8 Å². The highest BCUT2D eigenvalue weighted by molar-refractivity contribution is 5.80. The van der Waals surface area contributed by atoms with Gasteiger partial charge in [-0.15, -0.1) is 0 Å². The Bertz CT molecular complexity index is 629. The molecule has 0 aliphatic rings. The number of pyridine rings is 1. The van der Waals surface area contributed by atoms with Gasteiger partial charge in [0.15, 0.2) is 6.29 Å². The molecular weight excluding hydrogens is 258 g/mol. The first-order valence-electron chi connectivity index (χ1n) is 6.71. The Kier molecular flexibility index (Phi) is 4.76. The van der Waals surface area contributed by atoms with E-state index in [0.717, 1.165) is 5.39 Å². The number of ether oxygens (including phenoxy) is 2. The number of hydrogen-bond acceptors (Lipinski definition) is 4. The zero-order valence-corrected chi connectivity index (χ0v) is 11.7. The van der Waals surface area contributed by atoms with E-state index < -0.39 is 6.29 Å². The fraction of sp³-hybridized carbons (Fsp3) is 0.400. The van der Waals surface area contributed by atoms with Crippen LogP contribution in [0.5, 0.6) is 5.75 Å². The molecule has 108 valence electrons. The zero-order chi connectivity index (χ0) is 14.5. The summed E-state index contributed by atoms with van der Waals surface area (Å²) in [5.41, 5.74) is 0.523. The Morgan fingerprint density at radius 1 is 1.15 bits per heavy atom. The molecule has 0 atom stereocenters. The maximum atomic E-state index is 12.1. The Morgan fingerprint density at radius 3 is 2.45 bits per heavy atom. The minimum Gasteiger partial charge on any atom is -0.508 e. The van der Waals surface area contributed by atoms with E-state index in [4.69, 9.17) is 9.47 Å². The molecule has 0 unspecified atom stereocenters. The lowest BCUT2D eigenvalue weighted by Crippen LogP contribution is -2.30. The van der Waals surface area contributed by atoms with Crippen molar-refractivity contribution in [1.29, 1.82) is 0 Å². The lowest BCUT2D eigenvalue weighted by molar-refractivity contribution is -0.143. The fourth-order valence-electron chi connectivity index (χ4n) is 2.14. The summed E-state index contributed by atoms with van der Waals surface area (Å²) >= 11 is 0. The van der Waals surface area contributed by atoms with Gasteiger partial charge < -0.3 is 19.1 Å². The number of benzene rings is 1. The van der Waals surface area contributed by atoms with Gasteiger partial charge in [-0.25, -0.2) is 0 Å². The van der Waals surface area contributed by atoms with Crippen molar-refractivity contribution in [3.05, 3.63) is 40.7 Å². The van der Waals surface area contributed by atoms with E-state index in [1.54, 1.807) is 28.8 Å². The average Bonchev–Trinajstić information content (AvgIpc) is 2.42. The summed E-state index contributed by atoms with van der Waals surface area (Å²) in [6.45, 7) is 5.07. The quantitative estimate of drug-likeness (QED) is 0.821. The SMILES string of the molecule is CCOC(Cn1c(=O)ccc2ccc(O)cc21)OCC. The summed E-state index contributed by atoms with van der Waals surface area (Å²) in [7, 11) is 0. The second kappa shape index (κ2) is 6.54. The van der Waals surface area contributed by atoms with Crippen molar-refractivity contribution in [3.63, 3.8) is 0 Å². The number of phenolic OH excluding ortho intramolecular Hbond substituents is 1. The summed E-state index contributed by atoms with van der Waals surface area (Å²) in [5.74, 6) is 0.126. The molecule has 0 radical (unpaired) electrons. The monoisotopic (exact) mass is 277 g/mol. The fourth-order valence-corrected chi connectivity index (χ4v) is 2.14. The van der Waals surface area contributed by atoms with Gasteiger partial charge in [0.05, 0.1) is 12.1 Å². The van der Waals surface area contributed by atoms with Gasteiger partial charge in [-0.2, -0.15) is 0 Å². The van der Waals surface area contributed by atoms with Gasteiger partial charge in [-0.3, -0.25) is 4.79 Å². The molecule has 2 aromatic rings. The van der Waals surface area contributed by atoms with Crippen LogP contribution in [-0.2, 0) is 16.0 Å². The number of aromatic nitrogens is 1. The third kappa shape index (κ3) is 3.18. The number of rotatable bonds is 6. The van der Waals surface area contributed by atoms with Crippen LogP contribution in [0.15, 0.2) is 35.1 Å². The average molecular weight is 277 g/mol. The van der Waals surface area contributed by atoms with Gasteiger partial charge >= 0.3 is 0 Å². The summed E-state index contributed by atoms with van der Waals surface area (Å²) in [5, 5.41) is 10.5. The third-order valence-corrected chi connectivity index (χ3v) is 3.01. The first-order valence-corrected chi connectivity index (χ1v) is 6.71. The molecule has 0 aliphatic heterocycles. The van der Waals surface area contributed by atoms with Crippen molar-refractivity contribution in [2.45, 2.75) is 26.7 Å². The molecule has 0 aliphatic carbocycles. The van der Waals surface area contributed by atoms with Crippen LogP contribution in [-0.4, -0.2) is 29.2 Å². The molecule has 2 rings (SSSR count). The molecule has 20 heavy (non-hydrogen) atoms. The first kappa shape index (κ1) is 14.6. The molecule has 0 amide bonds. The highest BCUT2D eigenvalue weighted by Gasteiger charge is 2.12. The van der Waals surface area contributed by atoms with Gasteiger partial charge in [-0.1, -0.05) is 0 Å². The molecule has 0 spiro atoms. The van der Waals surface area contributed by atoms with Crippen molar-refractivity contribution in [2.75, 3.05) is 13.2 Å². The van der Waals surface area contributed by atoms with Crippen molar-refractivity contribution in [1.82, 2.24) is 4.57 Å². The molecular formula is C15H19NO4. The smallest absolute Gasteiger partial charge is 0.251 e. The van der Waals surface area contributed by atoms with Crippen LogP contribution in [0.25, 0.3) is 10.9 Å². The summed E-state index contributed by atoms with van der Waals surface area (Å²) in [6, 6.07) is 8.20. The molecule has 1 heterocycles. The molecule has 0 bridgehead atoms. The number of fused-ring (bicyclic) bond motifs is 1. The predicted octanol–water partition coefficient (Wildman–Crippen LogP) is 2.11. The minimum absolute atomic E-state index is 0.126. The first-order chi connectivity index (χ1) is 9.65. The van der Waals surface area contributed by atoms with Gasteiger partial charge in [0, 0.05) is 25.3 Å². The van der Waals surface area contributed by atoms with Crippen LogP contribution in [0.1, 0.15) is 13.8 Å². The second-order valence-corrected chi connectivity index (χ2v) is 4.37. The zero-order valence-electron chi connectivity index (χ0n) is 11.7. The minimum atomic E-state index is -0.476. The Labute approximate surface area is 117 Å². The normalized spacial score (nSPS) is 11.3. The molecule has 5 heteroatoms. The number of nitrogens with zero attached hydrogens (tertiary/aromatic N) is 1. The lowest BCUT2D eigenvalue weighted by atomic mass is 10.2. The topological polar surface area (TPSA) is 60.7 Å². The molecule has 0 saturated carbocycles. The molecule has 0 fully saturated rings. The Morgan fingerprint density at radius 2 is 1.80 bits per heavy atom. The summed E-state index contributed by atoms with van der Waals surface area (Å²) < 4.78 is 12.5. The van der Waals surface area contributed by atoms with Crippen molar-refractivity contribution in [3.8, 4) is 5.75 Å². The Hall–Kier alpha value is -1.85. The highest BCUT2D eigenvalue weighted by Crippen LogP contribution is 2.18. The van der Waals surface area contributed by atoms with Gasteiger partial charge in [0.25, 0.3) is 5.56 Å². The second-order valence-electron chi connectivity index (χ2n) is 4.37. The van der Waals surface area contributed by atoms with Crippen molar-refractivity contribution in [2.24, 2.45) is 0 Å². The van der Waals surface area contributed by atoms with Crippen LogP contribution >= 0.6 is 0 Å². The molecule has 1 aromatic carbocycles. The largest absolute Gasteiger partial charge is 0.508 e. The maximum absolute atomic E-state index is 12.1. The van der Waals surface area contributed by atoms with E-state index in [0.29, 0.717) is 25.3 Å². The van der Waals surface area contributed by atoms with E-state index in [1.165, 1.54) is 6.07 Å². The third-order valence-electron chi connectivity index (χ3n) is 3.01. The number of phenols is 1. The van der Waals surface area contributed by atoms with Gasteiger partial charge in [0.1, 0.15) is 5.75 Å². The molecule has 5 nitrogen and oxygen atoms in total. The predicted molar refractivity (Wildman–Crippen MR) is 76.9 cm³/mol. The molecule has 0 saturated heterocycles. The van der Waals surface area contributed by atoms with E-state index in [2.05, 4.69) is 0 Å². The lowest BCUT2D eigenvalue weighted by Gasteiger charge is -2.19. The van der Waals surface area contributed by atoms with E-state index >= 15 is 0 Å². The maximum Gasteiger partial charge on any atom is 0.251 e. The van der Waals surface area contributed by atoms with Gasteiger partial charge in [0.2, 0.25) is 0 Å². The summed E-state index contributed by atoms with van der Waals surface area (Å²) in [6.07, 6.45) is -0.476. The summed E-state index contributed by atoms with van der Waals surface area (Å²) in [4.78, 5) is 12.1. The van der Waals surface area contributed by atoms with Crippen LogP contribution in [0, 0.1) is 0 Å². The van der Waals surface area contributed by atoms with E-state index in [9.17, 15) is 9.90 Å². The van der Waals surface area contributed by atoms with Crippen LogP contribution in [0.2, 0.25) is 0 Å². The number of hydrogen-bond donors (Lipinski definition) is 1. The Balaban J connectivity index is 2.43. The van der Waals surface area contributed by atoms with Crippen molar-refractivity contribution < 1.29 is 14.6 Å². The standard InChI is InChI=1S/C15H19NO4/c1-3-19-15(20-4-2)10-16-13-9-12(17)7-5-11(13)6-8-14(16)18/h5-9,15,17H,3-4,10H2,1-2H3. The van der Waals surface area contributed by atoms with Crippen LogP contribution in [0.3, 0.4) is 0 Å². The van der Waals surface area contributed by atoms with Gasteiger partial charge in [-0.05, 0) is 37.4 Å². The molecule has 1 N–H and O–H groups in total. The van der Waals surface area contributed by atoms with Crippen LogP contribution in [0.4, 0.5) is 0 Å². The number of aromatic hydroxyl groups is 1. The van der Waals surface area contributed by atoms with Crippen molar-refractivity contribution >= 4 is 10.9 Å². The molecule has 1 aromatic heterocycles. The highest BCUT2D eigenvalue weighted by atomic mass is 16.7. The van der Waals surface area contributed by atoms with Crippen LogP contribution < -0.4 is 5.56 Å². The van der Waals surface area contributed by atoms with E-state index in [-0.39, 0.29) is 11.3 Å².